The molecule has 0 aliphatic heterocycles. The van der Waals surface area contributed by atoms with Gasteiger partial charge in [0.2, 0.25) is 5.91 Å². The van der Waals surface area contributed by atoms with Crippen molar-refractivity contribution in [3.8, 4) is 0 Å². The Hall–Kier alpha value is -1.78. The Morgan fingerprint density at radius 3 is 2.54 bits per heavy atom. The molecule has 13 heavy (non-hydrogen) atoms. The first-order chi connectivity index (χ1) is 6.16. The summed E-state index contributed by atoms with van der Waals surface area (Å²) in [5, 5.41) is 13.4. The largest absolute Gasteiger partial charge is 0.478 e. The minimum absolute atomic E-state index is 0.423. The van der Waals surface area contributed by atoms with Crippen LogP contribution < -0.4 is 10.6 Å². The predicted octanol–water partition coefficient (Wildman–Crippen LogP) is -0.524. The summed E-state index contributed by atoms with van der Waals surface area (Å²) in [6, 6.07) is 0. The van der Waals surface area contributed by atoms with Crippen LogP contribution in [0, 0.1) is 0 Å². The van der Waals surface area contributed by atoms with Crippen molar-refractivity contribution in [3.05, 3.63) is 24.9 Å². The molecule has 0 saturated heterocycles. The van der Waals surface area contributed by atoms with Crippen molar-refractivity contribution in [2.45, 2.75) is 0 Å². The Morgan fingerprint density at radius 2 is 2.00 bits per heavy atom. The molecule has 0 aromatic carbocycles. The van der Waals surface area contributed by atoms with Crippen LogP contribution in [0.1, 0.15) is 0 Å². The third-order valence-electron chi connectivity index (χ3n) is 1.09. The number of carbonyl (C=O) groups excluding carboxylic acids is 1. The quantitative estimate of drug-likeness (QED) is 0.383. The number of nitrogens with one attached hydrogen (secondary N) is 2. The SMILES string of the molecule is C=CNCCNC(=O)/C=C/C(=O)O. The summed E-state index contributed by atoms with van der Waals surface area (Å²) in [4.78, 5) is 20.8. The normalized spacial score (nSPS) is 9.54. The van der Waals surface area contributed by atoms with Crippen molar-refractivity contribution in [2.24, 2.45) is 0 Å². The standard InChI is InChI=1S/C8H12N2O3/c1-2-9-5-6-10-7(11)3-4-8(12)13/h2-4,9H,1,5-6H2,(H,10,11)(H,12,13)/b4-3+. The highest BCUT2D eigenvalue weighted by atomic mass is 16.4. The molecule has 5 nitrogen and oxygen atoms in total. The molecule has 0 aliphatic carbocycles. The van der Waals surface area contributed by atoms with E-state index in [1.807, 2.05) is 0 Å². The molecular weight excluding hydrogens is 172 g/mol. The number of carboxylic acid groups (broad SMARTS) is 1. The first-order valence-corrected chi connectivity index (χ1v) is 3.70. The fourth-order valence-electron chi connectivity index (χ4n) is 0.566. The number of aliphatic carboxylic acids is 1. The van der Waals surface area contributed by atoms with Gasteiger partial charge >= 0.3 is 5.97 Å². The number of rotatable bonds is 6. The van der Waals surface area contributed by atoms with E-state index in [-0.39, 0.29) is 0 Å². The summed E-state index contributed by atoms with van der Waals surface area (Å²) in [6.07, 6.45) is 3.27. The molecule has 0 aromatic rings. The number of hydrogen-bond donors (Lipinski definition) is 3. The molecule has 0 spiro atoms. The van der Waals surface area contributed by atoms with E-state index in [2.05, 4.69) is 17.2 Å². The van der Waals surface area contributed by atoms with E-state index in [1.165, 1.54) is 6.20 Å². The highest BCUT2D eigenvalue weighted by molar-refractivity contribution is 5.93. The number of carboxylic acids is 1. The second-order valence-corrected chi connectivity index (χ2v) is 2.12. The Kier molecular flexibility index (Phi) is 5.96. The van der Waals surface area contributed by atoms with Gasteiger partial charge in [-0.25, -0.2) is 4.79 Å². The third kappa shape index (κ3) is 8.12. The topological polar surface area (TPSA) is 78.4 Å². The van der Waals surface area contributed by atoms with Gasteiger partial charge in [0.15, 0.2) is 0 Å². The molecule has 72 valence electrons. The minimum atomic E-state index is -1.14. The van der Waals surface area contributed by atoms with E-state index in [4.69, 9.17) is 5.11 Å². The minimum Gasteiger partial charge on any atom is -0.478 e. The van der Waals surface area contributed by atoms with Gasteiger partial charge in [-0.15, -0.1) is 0 Å². The molecule has 5 heteroatoms. The molecule has 0 heterocycles. The molecule has 0 bridgehead atoms. The fourth-order valence-corrected chi connectivity index (χ4v) is 0.566. The highest BCUT2D eigenvalue weighted by Crippen LogP contribution is 1.73. The lowest BCUT2D eigenvalue weighted by atomic mass is 10.4. The third-order valence-corrected chi connectivity index (χ3v) is 1.09. The van der Waals surface area contributed by atoms with E-state index in [0.29, 0.717) is 13.1 Å². The second-order valence-electron chi connectivity index (χ2n) is 2.12. The Morgan fingerprint density at radius 1 is 1.31 bits per heavy atom. The average molecular weight is 184 g/mol. The molecule has 0 atom stereocenters. The van der Waals surface area contributed by atoms with Crippen LogP contribution >= 0.6 is 0 Å². The van der Waals surface area contributed by atoms with Crippen molar-refractivity contribution >= 4 is 11.9 Å². The summed E-state index contributed by atoms with van der Waals surface area (Å²) in [5.41, 5.74) is 0. The Labute approximate surface area is 76.1 Å². The monoisotopic (exact) mass is 184 g/mol. The average Bonchev–Trinajstić information content (AvgIpc) is 2.09. The fraction of sp³-hybridized carbons (Fsp3) is 0.250. The first-order valence-electron chi connectivity index (χ1n) is 3.70. The molecule has 0 unspecified atom stereocenters. The van der Waals surface area contributed by atoms with Crippen molar-refractivity contribution in [1.82, 2.24) is 10.6 Å². The lowest BCUT2D eigenvalue weighted by molar-refractivity contribution is -0.131. The van der Waals surface area contributed by atoms with Gasteiger partial charge in [0, 0.05) is 25.2 Å². The summed E-state index contributed by atoms with van der Waals surface area (Å²) in [7, 11) is 0. The summed E-state index contributed by atoms with van der Waals surface area (Å²) < 4.78 is 0. The summed E-state index contributed by atoms with van der Waals surface area (Å²) in [5.74, 6) is -1.56. The van der Waals surface area contributed by atoms with Crippen LogP contribution in [0.2, 0.25) is 0 Å². The zero-order chi connectivity index (χ0) is 10.1. The van der Waals surface area contributed by atoms with Crippen LogP contribution in [0.3, 0.4) is 0 Å². The number of amides is 1. The van der Waals surface area contributed by atoms with E-state index < -0.39 is 11.9 Å². The number of hydrogen-bond acceptors (Lipinski definition) is 3. The van der Waals surface area contributed by atoms with Crippen LogP contribution in [-0.4, -0.2) is 30.1 Å². The predicted molar refractivity (Wildman–Crippen MR) is 48.0 cm³/mol. The zero-order valence-electron chi connectivity index (χ0n) is 7.12. The maximum absolute atomic E-state index is 10.8. The summed E-state index contributed by atoms with van der Waals surface area (Å²) in [6.45, 7) is 4.41. The van der Waals surface area contributed by atoms with Gasteiger partial charge in [0.1, 0.15) is 0 Å². The van der Waals surface area contributed by atoms with Gasteiger partial charge in [0.25, 0.3) is 0 Å². The molecule has 0 aromatic heterocycles. The summed E-state index contributed by atoms with van der Waals surface area (Å²) >= 11 is 0. The van der Waals surface area contributed by atoms with Crippen molar-refractivity contribution in [2.75, 3.05) is 13.1 Å². The van der Waals surface area contributed by atoms with Crippen LogP contribution in [0.15, 0.2) is 24.9 Å². The molecule has 0 aliphatic rings. The maximum atomic E-state index is 10.8. The molecule has 3 N–H and O–H groups in total. The Bertz CT molecular complexity index is 223. The van der Waals surface area contributed by atoms with Gasteiger partial charge < -0.3 is 15.7 Å². The van der Waals surface area contributed by atoms with Crippen molar-refractivity contribution in [3.63, 3.8) is 0 Å². The van der Waals surface area contributed by atoms with Gasteiger partial charge in [-0.3, -0.25) is 4.79 Å². The first kappa shape index (κ1) is 11.2. The molecule has 0 saturated carbocycles. The van der Waals surface area contributed by atoms with Gasteiger partial charge in [-0.2, -0.15) is 0 Å². The van der Waals surface area contributed by atoms with Crippen LogP contribution in [0.4, 0.5) is 0 Å². The maximum Gasteiger partial charge on any atom is 0.328 e. The number of carbonyl (C=O) groups is 2. The molecule has 0 rings (SSSR count). The molecule has 0 fully saturated rings. The highest BCUT2D eigenvalue weighted by Gasteiger charge is 1.94. The van der Waals surface area contributed by atoms with Crippen molar-refractivity contribution in [1.29, 1.82) is 0 Å². The second kappa shape index (κ2) is 6.90. The van der Waals surface area contributed by atoms with Crippen LogP contribution in [-0.2, 0) is 9.59 Å². The smallest absolute Gasteiger partial charge is 0.328 e. The van der Waals surface area contributed by atoms with Crippen LogP contribution in [0.5, 0.6) is 0 Å². The lowest BCUT2D eigenvalue weighted by Gasteiger charge is -2.00. The van der Waals surface area contributed by atoms with E-state index in [9.17, 15) is 9.59 Å². The van der Waals surface area contributed by atoms with Crippen LogP contribution in [0.25, 0.3) is 0 Å². The van der Waals surface area contributed by atoms with Gasteiger partial charge in [-0.1, -0.05) is 6.58 Å². The molecule has 0 radical (unpaired) electrons. The van der Waals surface area contributed by atoms with E-state index in [0.717, 1.165) is 12.2 Å². The zero-order valence-corrected chi connectivity index (χ0v) is 7.12. The Balaban J connectivity index is 3.51. The molecule has 1 amide bonds. The lowest BCUT2D eigenvalue weighted by Crippen LogP contribution is -2.28. The van der Waals surface area contributed by atoms with E-state index in [1.54, 1.807) is 0 Å². The van der Waals surface area contributed by atoms with Gasteiger partial charge in [-0.05, 0) is 6.20 Å². The van der Waals surface area contributed by atoms with E-state index >= 15 is 0 Å². The van der Waals surface area contributed by atoms with Crippen molar-refractivity contribution < 1.29 is 14.7 Å². The molecular formula is C8H12N2O3. The van der Waals surface area contributed by atoms with Gasteiger partial charge in [0.05, 0.1) is 0 Å².